The Morgan fingerprint density at radius 3 is 2.38 bits per heavy atom. The van der Waals surface area contributed by atoms with Gasteiger partial charge in [-0.05, 0) is 49.4 Å². The number of H-pyrrole nitrogens is 1. The third-order valence-corrected chi connectivity index (χ3v) is 7.34. The van der Waals surface area contributed by atoms with Crippen LogP contribution in [-0.4, -0.2) is 82.8 Å². The monoisotopic (exact) mass is 461 g/mol. The Morgan fingerprint density at radius 1 is 1.03 bits per heavy atom. The molecule has 0 spiro atoms. The first kappa shape index (κ1) is 22.0. The van der Waals surface area contributed by atoms with Crippen LogP contribution in [0.4, 0.5) is 16.0 Å². The van der Waals surface area contributed by atoms with E-state index in [9.17, 15) is 12.8 Å². The number of anilines is 2. The molecule has 1 aliphatic rings. The normalized spacial score (nSPS) is 15.2. The SMILES string of the molecule is CCN(CC)c1ccc(N2CCN(S(=O)(=O)c3ccc(F)c(-c4nn[nH]n4)c3)CC2)nn1. The molecular formula is C19H24FN9O2S. The lowest BCUT2D eigenvalue weighted by Crippen LogP contribution is -2.49. The fourth-order valence-electron chi connectivity index (χ4n) is 3.62. The second kappa shape index (κ2) is 9.12. The number of nitrogens with zero attached hydrogens (tertiary/aromatic N) is 8. The molecule has 0 radical (unpaired) electrons. The molecule has 3 aromatic rings. The zero-order valence-electron chi connectivity index (χ0n) is 17.8. The molecular weight excluding hydrogens is 437 g/mol. The summed E-state index contributed by atoms with van der Waals surface area (Å²) < 4.78 is 41.8. The molecule has 3 heterocycles. The summed E-state index contributed by atoms with van der Waals surface area (Å²) >= 11 is 0. The Kier molecular flexibility index (Phi) is 6.28. The quantitative estimate of drug-likeness (QED) is 0.552. The molecule has 1 N–H and O–H groups in total. The zero-order valence-corrected chi connectivity index (χ0v) is 18.6. The molecule has 32 heavy (non-hydrogen) atoms. The number of aromatic nitrogens is 6. The van der Waals surface area contributed by atoms with Gasteiger partial charge in [0.25, 0.3) is 0 Å². The maximum Gasteiger partial charge on any atom is 0.243 e. The van der Waals surface area contributed by atoms with Crippen LogP contribution >= 0.6 is 0 Å². The van der Waals surface area contributed by atoms with Gasteiger partial charge in [-0.1, -0.05) is 0 Å². The van der Waals surface area contributed by atoms with Crippen molar-refractivity contribution in [1.82, 2.24) is 35.1 Å². The van der Waals surface area contributed by atoms with Crippen molar-refractivity contribution in [2.75, 3.05) is 49.1 Å². The van der Waals surface area contributed by atoms with E-state index in [-0.39, 0.29) is 29.4 Å². The highest BCUT2D eigenvalue weighted by Crippen LogP contribution is 2.26. The van der Waals surface area contributed by atoms with Gasteiger partial charge in [-0.3, -0.25) is 0 Å². The van der Waals surface area contributed by atoms with Gasteiger partial charge in [-0.25, -0.2) is 12.8 Å². The fourth-order valence-corrected chi connectivity index (χ4v) is 5.07. The largest absolute Gasteiger partial charge is 0.356 e. The first-order valence-electron chi connectivity index (χ1n) is 10.3. The summed E-state index contributed by atoms with van der Waals surface area (Å²) in [5.74, 6) is 0.894. The Morgan fingerprint density at radius 2 is 1.78 bits per heavy atom. The highest BCUT2D eigenvalue weighted by atomic mass is 32.2. The van der Waals surface area contributed by atoms with Crippen molar-refractivity contribution >= 4 is 21.7 Å². The van der Waals surface area contributed by atoms with E-state index in [0.717, 1.165) is 25.0 Å². The standard InChI is InChI=1S/C19H24FN9O2S/c1-3-27(4-2)17-7-8-18(22-21-17)28-9-11-29(12-10-28)32(30,31)14-5-6-16(20)15(13-14)19-23-25-26-24-19/h5-8,13H,3-4,9-12H2,1-2H3,(H,23,24,25,26). The first-order valence-corrected chi connectivity index (χ1v) is 11.7. The van der Waals surface area contributed by atoms with E-state index in [1.807, 2.05) is 17.0 Å². The summed E-state index contributed by atoms with van der Waals surface area (Å²) in [4.78, 5) is 4.09. The summed E-state index contributed by atoms with van der Waals surface area (Å²) in [6.07, 6.45) is 0. The molecule has 0 bridgehead atoms. The third kappa shape index (κ3) is 4.25. The number of aromatic amines is 1. The van der Waals surface area contributed by atoms with Gasteiger partial charge in [0.2, 0.25) is 15.8 Å². The molecule has 1 aliphatic heterocycles. The fraction of sp³-hybridized carbons (Fsp3) is 0.421. The van der Waals surface area contributed by atoms with Gasteiger partial charge in [0.1, 0.15) is 5.82 Å². The molecule has 1 saturated heterocycles. The predicted octanol–water partition coefficient (Wildman–Crippen LogP) is 1.15. The van der Waals surface area contributed by atoms with Crippen LogP contribution in [0.5, 0.6) is 0 Å². The Bertz CT molecular complexity index is 1140. The molecule has 4 rings (SSSR count). The van der Waals surface area contributed by atoms with E-state index in [1.165, 1.54) is 16.4 Å². The van der Waals surface area contributed by atoms with E-state index in [1.54, 1.807) is 0 Å². The number of rotatable bonds is 7. The Balaban J connectivity index is 1.46. The molecule has 170 valence electrons. The van der Waals surface area contributed by atoms with Gasteiger partial charge in [0.15, 0.2) is 11.6 Å². The lowest BCUT2D eigenvalue weighted by atomic mass is 10.2. The second-order valence-electron chi connectivity index (χ2n) is 7.19. The summed E-state index contributed by atoms with van der Waals surface area (Å²) in [6.45, 7) is 7.30. The van der Waals surface area contributed by atoms with Crippen molar-refractivity contribution in [3.05, 3.63) is 36.1 Å². The Labute approximate surface area is 185 Å². The number of hydrogen-bond acceptors (Lipinski definition) is 9. The lowest BCUT2D eigenvalue weighted by Gasteiger charge is -2.34. The van der Waals surface area contributed by atoms with Gasteiger partial charge in [0, 0.05) is 39.3 Å². The minimum Gasteiger partial charge on any atom is -0.356 e. The topological polar surface area (TPSA) is 124 Å². The third-order valence-electron chi connectivity index (χ3n) is 5.45. The number of halogens is 1. The molecule has 1 aromatic carbocycles. The van der Waals surface area contributed by atoms with Gasteiger partial charge in [-0.15, -0.1) is 20.4 Å². The lowest BCUT2D eigenvalue weighted by molar-refractivity contribution is 0.383. The van der Waals surface area contributed by atoms with Gasteiger partial charge < -0.3 is 9.80 Å². The summed E-state index contributed by atoms with van der Waals surface area (Å²) in [6, 6.07) is 7.41. The molecule has 13 heteroatoms. The van der Waals surface area contributed by atoms with Crippen molar-refractivity contribution in [3.8, 4) is 11.4 Å². The summed E-state index contributed by atoms with van der Waals surface area (Å²) in [7, 11) is -3.81. The maximum atomic E-state index is 14.2. The van der Waals surface area contributed by atoms with Crippen LogP contribution in [0.15, 0.2) is 35.2 Å². The van der Waals surface area contributed by atoms with Crippen molar-refractivity contribution in [1.29, 1.82) is 0 Å². The van der Waals surface area contributed by atoms with E-state index in [0.29, 0.717) is 18.9 Å². The molecule has 0 saturated carbocycles. The van der Waals surface area contributed by atoms with Crippen LogP contribution in [0.3, 0.4) is 0 Å². The highest BCUT2D eigenvalue weighted by Gasteiger charge is 2.30. The summed E-state index contributed by atoms with van der Waals surface area (Å²) in [5.41, 5.74) is -0.0259. The first-order chi connectivity index (χ1) is 15.4. The Hall–Kier alpha value is -3.19. The van der Waals surface area contributed by atoms with E-state index < -0.39 is 15.8 Å². The number of sulfonamides is 1. The van der Waals surface area contributed by atoms with E-state index in [2.05, 4.69) is 49.6 Å². The number of nitrogens with one attached hydrogen (secondary N) is 1. The van der Waals surface area contributed by atoms with Crippen LogP contribution in [0, 0.1) is 5.82 Å². The number of benzene rings is 1. The van der Waals surface area contributed by atoms with Gasteiger partial charge >= 0.3 is 0 Å². The smallest absolute Gasteiger partial charge is 0.243 e. The number of tetrazole rings is 1. The minimum atomic E-state index is -3.81. The van der Waals surface area contributed by atoms with Crippen molar-refractivity contribution in [3.63, 3.8) is 0 Å². The van der Waals surface area contributed by atoms with Crippen LogP contribution in [0.1, 0.15) is 13.8 Å². The number of hydrogen-bond donors (Lipinski definition) is 1. The number of piperazine rings is 1. The van der Waals surface area contributed by atoms with Gasteiger partial charge in [0.05, 0.1) is 10.5 Å². The molecule has 0 atom stereocenters. The van der Waals surface area contributed by atoms with Crippen LogP contribution in [0.25, 0.3) is 11.4 Å². The maximum absolute atomic E-state index is 14.2. The van der Waals surface area contributed by atoms with Crippen molar-refractivity contribution < 1.29 is 12.8 Å². The molecule has 1 fully saturated rings. The average molecular weight is 462 g/mol. The predicted molar refractivity (Wildman–Crippen MR) is 116 cm³/mol. The molecule has 0 aliphatic carbocycles. The average Bonchev–Trinajstić information content (AvgIpc) is 3.35. The molecule has 0 unspecified atom stereocenters. The van der Waals surface area contributed by atoms with Crippen LogP contribution in [0.2, 0.25) is 0 Å². The van der Waals surface area contributed by atoms with Crippen LogP contribution < -0.4 is 9.80 Å². The molecule has 11 nitrogen and oxygen atoms in total. The zero-order chi connectivity index (χ0) is 22.7. The van der Waals surface area contributed by atoms with Gasteiger partial charge in [-0.2, -0.15) is 9.52 Å². The minimum absolute atomic E-state index is 0.00361. The molecule has 2 aromatic heterocycles. The highest BCUT2D eigenvalue weighted by molar-refractivity contribution is 7.89. The van der Waals surface area contributed by atoms with E-state index in [4.69, 9.17) is 0 Å². The van der Waals surface area contributed by atoms with Crippen molar-refractivity contribution in [2.45, 2.75) is 18.7 Å². The second-order valence-corrected chi connectivity index (χ2v) is 9.13. The van der Waals surface area contributed by atoms with Crippen LogP contribution in [-0.2, 0) is 10.0 Å². The van der Waals surface area contributed by atoms with E-state index >= 15 is 0 Å². The van der Waals surface area contributed by atoms with Crippen molar-refractivity contribution in [2.24, 2.45) is 0 Å². The molecule has 0 amide bonds. The summed E-state index contributed by atoms with van der Waals surface area (Å²) in [5, 5.41) is 21.7.